The molecule has 1 fully saturated rings. The van der Waals surface area contributed by atoms with Gasteiger partial charge in [-0.25, -0.2) is 4.98 Å². The maximum absolute atomic E-state index is 11.7. The Hall–Kier alpha value is -1.46. The van der Waals surface area contributed by atoms with E-state index < -0.39 is 0 Å². The number of hydrogen-bond acceptors (Lipinski definition) is 4. The van der Waals surface area contributed by atoms with Gasteiger partial charge in [0.15, 0.2) is 5.13 Å². The highest BCUT2D eigenvalue weighted by Gasteiger charge is 2.20. The minimum absolute atomic E-state index is 0.0188. The summed E-state index contributed by atoms with van der Waals surface area (Å²) < 4.78 is 1.10. The minimum Gasteiger partial charge on any atom is -0.308 e. The topological polar surface area (TPSA) is 54.0 Å². The van der Waals surface area contributed by atoms with Crippen LogP contribution in [0.25, 0.3) is 10.2 Å². The Morgan fingerprint density at radius 3 is 3.00 bits per heavy atom. The van der Waals surface area contributed by atoms with Crippen LogP contribution in [0.2, 0.25) is 0 Å². The Bertz CT molecular complexity index is 529. The fourth-order valence-electron chi connectivity index (χ4n) is 1.80. The fraction of sp³-hybridized carbons (Fsp3) is 0.385. The van der Waals surface area contributed by atoms with Crippen LogP contribution < -0.4 is 10.6 Å². The minimum atomic E-state index is -0.0188. The van der Waals surface area contributed by atoms with Crippen LogP contribution in [0.15, 0.2) is 24.3 Å². The lowest BCUT2D eigenvalue weighted by Crippen LogP contribution is -2.29. The van der Waals surface area contributed by atoms with Crippen molar-refractivity contribution < 1.29 is 4.79 Å². The number of hydrogen-bond donors (Lipinski definition) is 2. The summed E-state index contributed by atoms with van der Waals surface area (Å²) in [6.07, 6.45) is 2.60. The molecule has 5 heteroatoms. The Morgan fingerprint density at radius 2 is 2.22 bits per heavy atom. The maximum atomic E-state index is 11.7. The van der Waals surface area contributed by atoms with Gasteiger partial charge in [-0.3, -0.25) is 4.79 Å². The molecule has 0 unspecified atom stereocenters. The van der Waals surface area contributed by atoms with Crippen molar-refractivity contribution in [2.75, 3.05) is 18.4 Å². The lowest BCUT2D eigenvalue weighted by molar-refractivity contribution is -0.115. The molecule has 94 valence electrons. The van der Waals surface area contributed by atoms with E-state index in [-0.39, 0.29) is 5.91 Å². The Labute approximate surface area is 109 Å². The molecule has 0 radical (unpaired) electrons. The summed E-state index contributed by atoms with van der Waals surface area (Å²) in [5.74, 6) is 0.773. The summed E-state index contributed by atoms with van der Waals surface area (Å²) >= 11 is 1.51. The molecule has 0 atom stereocenters. The lowest BCUT2D eigenvalue weighted by atomic mass is 10.3. The molecule has 18 heavy (non-hydrogen) atoms. The van der Waals surface area contributed by atoms with Gasteiger partial charge in [0.05, 0.1) is 16.8 Å². The summed E-state index contributed by atoms with van der Waals surface area (Å²) in [4.78, 5) is 16.1. The van der Waals surface area contributed by atoms with Crippen molar-refractivity contribution in [1.29, 1.82) is 0 Å². The molecule has 1 amide bonds. The van der Waals surface area contributed by atoms with Gasteiger partial charge in [-0.2, -0.15) is 0 Å². The van der Waals surface area contributed by atoms with Crippen LogP contribution in [0.1, 0.15) is 12.8 Å². The molecule has 0 saturated heterocycles. The van der Waals surface area contributed by atoms with E-state index in [1.165, 1.54) is 24.2 Å². The average molecular weight is 261 g/mol. The molecule has 0 bridgehead atoms. The molecule has 0 spiro atoms. The monoisotopic (exact) mass is 261 g/mol. The summed E-state index contributed by atoms with van der Waals surface area (Å²) in [6.45, 7) is 1.32. The number of fused-ring (bicyclic) bond motifs is 1. The molecular weight excluding hydrogens is 246 g/mol. The predicted molar refractivity (Wildman–Crippen MR) is 73.8 cm³/mol. The zero-order valence-electron chi connectivity index (χ0n) is 9.98. The molecule has 2 aromatic rings. The first-order valence-electron chi connectivity index (χ1n) is 6.17. The highest BCUT2D eigenvalue weighted by Crippen LogP contribution is 2.27. The third-order valence-corrected chi connectivity index (χ3v) is 3.91. The van der Waals surface area contributed by atoms with Gasteiger partial charge in [-0.05, 0) is 37.4 Å². The van der Waals surface area contributed by atoms with Crippen LogP contribution in [0.5, 0.6) is 0 Å². The summed E-state index contributed by atoms with van der Waals surface area (Å²) in [7, 11) is 0. The second kappa shape index (κ2) is 5.04. The highest BCUT2D eigenvalue weighted by atomic mass is 32.1. The van der Waals surface area contributed by atoms with Crippen LogP contribution in [0.4, 0.5) is 5.13 Å². The van der Waals surface area contributed by atoms with E-state index in [9.17, 15) is 4.79 Å². The first kappa shape index (κ1) is 11.6. The number of para-hydroxylation sites is 1. The second-order valence-corrected chi connectivity index (χ2v) is 5.64. The Morgan fingerprint density at radius 1 is 1.39 bits per heavy atom. The fourth-order valence-corrected chi connectivity index (χ4v) is 2.68. The quantitative estimate of drug-likeness (QED) is 0.868. The van der Waals surface area contributed by atoms with E-state index in [1.807, 2.05) is 24.3 Å². The molecule has 1 saturated carbocycles. The number of thiazole rings is 1. The number of nitrogens with zero attached hydrogens (tertiary/aromatic N) is 1. The predicted octanol–water partition coefficient (Wildman–Crippen LogP) is 2.23. The first-order chi connectivity index (χ1) is 8.81. The van der Waals surface area contributed by atoms with Crippen molar-refractivity contribution in [3.63, 3.8) is 0 Å². The van der Waals surface area contributed by atoms with Gasteiger partial charge in [-0.1, -0.05) is 23.5 Å². The highest BCUT2D eigenvalue weighted by molar-refractivity contribution is 7.22. The van der Waals surface area contributed by atoms with Gasteiger partial charge in [0.25, 0.3) is 0 Å². The lowest BCUT2D eigenvalue weighted by Gasteiger charge is -2.02. The summed E-state index contributed by atoms with van der Waals surface area (Å²) in [5, 5.41) is 6.67. The molecule has 1 aromatic carbocycles. The number of amides is 1. The van der Waals surface area contributed by atoms with Gasteiger partial charge in [0, 0.05) is 0 Å². The molecule has 3 rings (SSSR count). The maximum Gasteiger partial charge on any atom is 0.240 e. The van der Waals surface area contributed by atoms with E-state index in [1.54, 1.807) is 0 Å². The summed E-state index contributed by atoms with van der Waals surface area (Å²) in [5.41, 5.74) is 0.934. The number of rotatable bonds is 5. The first-order valence-corrected chi connectivity index (χ1v) is 6.99. The van der Waals surface area contributed by atoms with Crippen LogP contribution >= 0.6 is 11.3 Å². The molecule has 1 heterocycles. The third-order valence-electron chi connectivity index (χ3n) is 2.96. The number of anilines is 1. The zero-order chi connectivity index (χ0) is 12.4. The van der Waals surface area contributed by atoms with Crippen molar-refractivity contribution in [2.45, 2.75) is 12.8 Å². The van der Waals surface area contributed by atoms with Gasteiger partial charge in [0.2, 0.25) is 5.91 Å². The molecule has 2 N–H and O–H groups in total. The van der Waals surface area contributed by atoms with Crippen LogP contribution in [-0.4, -0.2) is 24.0 Å². The van der Waals surface area contributed by atoms with Crippen LogP contribution in [0.3, 0.4) is 0 Å². The van der Waals surface area contributed by atoms with E-state index in [0.29, 0.717) is 11.7 Å². The van der Waals surface area contributed by atoms with E-state index >= 15 is 0 Å². The van der Waals surface area contributed by atoms with Gasteiger partial charge in [-0.15, -0.1) is 0 Å². The molecule has 1 aliphatic carbocycles. The number of nitrogens with one attached hydrogen (secondary N) is 2. The van der Waals surface area contributed by atoms with Gasteiger partial charge in [0.1, 0.15) is 0 Å². The van der Waals surface area contributed by atoms with Crippen molar-refractivity contribution >= 4 is 32.6 Å². The SMILES string of the molecule is O=C(CNCC1CC1)Nc1nc2ccccc2s1. The number of carbonyl (C=O) groups is 1. The smallest absolute Gasteiger partial charge is 0.240 e. The van der Waals surface area contributed by atoms with Crippen LogP contribution in [0, 0.1) is 5.92 Å². The molecular formula is C13H15N3OS. The number of aromatic nitrogens is 1. The van der Waals surface area contributed by atoms with Gasteiger partial charge < -0.3 is 10.6 Å². The summed E-state index contributed by atoms with van der Waals surface area (Å²) in [6, 6.07) is 7.88. The van der Waals surface area contributed by atoms with Crippen molar-refractivity contribution in [1.82, 2.24) is 10.3 Å². The molecule has 1 aliphatic rings. The molecule has 1 aromatic heterocycles. The molecule has 0 aliphatic heterocycles. The van der Waals surface area contributed by atoms with Crippen molar-refractivity contribution in [2.24, 2.45) is 5.92 Å². The average Bonchev–Trinajstić information content (AvgIpc) is 3.08. The third kappa shape index (κ3) is 2.86. The Balaban J connectivity index is 1.55. The normalized spacial score (nSPS) is 14.9. The zero-order valence-corrected chi connectivity index (χ0v) is 10.8. The number of carbonyl (C=O) groups excluding carboxylic acids is 1. The standard InChI is InChI=1S/C13H15N3OS/c17-12(8-14-7-9-5-6-9)16-13-15-10-3-1-2-4-11(10)18-13/h1-4,9,14H,5-8H2,(H,15,16,17). The van der Waals surface area contributed by atoms with E-state index in [2.05, 4.69) is 15.6 Å². The number of benzene rings is 1. The van der Waals surface area contributed by atoms with Crippen molar-refractivity contribution in [3.8, 4) is 0 Å². The molecule has 4 nitrogen and oxygen atoms in total. The van der Waals surface area contributed by atoms with Crippen LogP contribution in [-0.2, 0) is 4.79 Å². The largest absolute Gasteiger partial charge is 0.308 e. The van der Waals surface area contributed by atoms with Gasteiger partial charge >= 0.3 is 0 Å². The second-order valence-electron chi connectivity index (χ2n) is 4.61. The van der Waals surface area contributed by atoms with E-state index in [4.69, 9.17) is 0 Å². The van der Waals surface area contributed by atoms with E-state index in [0.717, 1.165) is 22.7 Å². The van der Waals surface area contributed by atoms with Crippen molar-refractivity contribution in [3.05, 3.63) is 24.3 Å². The Kier molecular flexibility index (Phi) is 3.25.